The summed E-state index contributed by atoms with van der Waals surface area (Å²) in [5.41, 5.74) is -1.09. The second kappa shape index (κ2) is 8.53. The zero-order valence-electron chi connectivity index (χ0n) is 19.1. The molecule has 3 fully saturated rings. The molecule has 4 atom stereocenters. The molecule has 1 aliphatic heterocycles. The minimum absolute atomic E-state index is 0.0232. The fourth-order valence-corrected chi connectivity index (χ4v) is 5.55. The summed E-state index contributed by atoms with van der Waals surface area (Å²) in [5, 5.41) is 2.78. The molecule has 1 aromatic carbocycles. The lowest BCUT2D eigenvalue weighted by molar-refractivity contribution is -0.137. The number of pyridine rings is 1. The predicted octanol–water partition coefficient (Wildman–Crippen LogP) is 3.51. The van der Waals surface area contributed by atoms with Crippen molar-refractivity contribution in [2.45, 2.75) is 54.9 Å². The molecule has 1 unspecified atom stereocenters. The standard InChI is InChI=1S/C24H23F4N3O4S/c1-36(34,35)16-6-14(10-29-11-16)23(33)31-19-7-13(19)8-20(31)22(32)30-21(12-2-3-12)17-5-4-15(9-18(17)25)24(26,27)28/h4-6,9-13,19-21H,2-3,7-8H2,1H3,(H,30,32)/t13-,19-,20-,21?/m1/s1. The second-order valence-electron chi connectivity index (χ2n) is 9.77. The van der Waals surface area contributed by atoms with Crippen molar-refractivity contribution in [3.05, 3.63) is 59.2 Å². The molecule has 2 amide bonds. The molecule has 2 aliphatic carbocycles. The lowest BCUT2D eigenvalue weighted by Gasteiger charge is -2.29. The number of nitrogens with zero attached hydrogens (tertiary/aromatic N) is 2. The number of sulfone groups is 1. The van der Waals surface area contributed by atoms with Crippen LogP contribution in [0.4, 0.5) is 17.6 Å². The van der Waals surface area contributed by atoms with E-state index in [1.165, 1.54) is 17.2 Å². The first-order chi connectivity index (χ1) is 16.8. The number of benzene rings is 1. The van der Waals surface area contributed by atoms with Gasteiger partial charge in [-0.3, -0.25) is 14.6 Å². The summed E-state index contributed by atoms with van der Waals surface area (Å²) in [6.07, 6.45) is 1.18. The first kappa shape index (κ1) is 24.7. The van der Waals surface area contributed by atoms with Gasteiger partial charge in [0.05, 0.1) is 22.1 Å². The van der Waals surface area contributed by atoms with Crippen LogP contribution in [0.5, 0.6) is 0 Å². The Kier molecular flexibility index (Phi) is 5.85. The van der Waals surface area contributed by atoms with E-state index in [1.54, 1.807) is 0 Å². The Labute approximate surface area is 204 Å². The van der Waals surface area contributed by atoms with Crippen LogP contribution in [-0.4, -0.2) is 48.5 Å². The highest BCUT2D eigenvalue weighted by atomic mass is 32.2. The Bertz CT molecular complexity index is 1340. The van der Waals surface area contributed by atoms with Crippen molar-refractivity contribution in [2.75, 3.05) is 6.26 Å². The summed E-state index contributed by atoms with van der Waals surface area (Å²) in [5.74, 6) is -2.08. The SMILES string of the molecule is CS(=O)(=O)c1cncc(C(=O)N2[C@@H](C(=O)NC(c3ccc(C(F)(F)F)cc3F)C3CC3)C[C@H]3C[C@H]32)c1. The molecule has 1 saturated heterocycles. The number of amides is 2. The van der Waals surface area contributed by atoms with Gasteiger partial charge >= 0.3 is 6.18 Å². The molecular formula is C24H23F4N3O4S. The van der Waals surface area contributed by atoms with Gasteiger partial charge in [0, 0.05) is 30.3 Å². The molecule has 36 heavy (non-hydrogen) atoms. The van der Waals surface area contributed by atoms with E-state index in [4.69, 9.17) is 0 Å². The van der Waals surface area contributed by atoms with Crippen molar-refractivity contribution < 1.29 is 35.6 Å². The number of hydrogen-bond donors (Lipinski definition) is 1. The Balaban J connectivity index is 1.38. The second-order valence-corrected chi connectivity index (χ2v) is 11.8. The molecule has 7 nitrogen and oxygen atoms in total. The average Bonchev–Trinajstić information content (AvgIpc) is 3.74. The summed E-state index contributed by atoms with van der Waals surface area (Å²) in [7, 11) is -3.60. The molecule has 3 aliphatic rings. The van der Waals surface area contributed by atoms with Crippen molar-refractivity contribution >= 4 is 21.7 Å². The van der Waals surface area contributed by atoms with E-state index < -0.39 is 51.3 Å². The highest BCUT2D eigenvalue weighted by Gasteiger charge is 2.56. The van der Waals surface area contributed by atoms with Crippen LogP contribution in [0, 0.1) is 17.7 Å². The zero-order chi connectivity index (χ0) is 26.0. The predicted molar refractivity (Wildman–Crippen MR) is 119 cm³/mol. The molecule has 2 heterocycles. The normalized spacial score (nSPS) is 24.2. The van der Waals surface area contributed by atoms with Gasteiger partial charge in [0.15, 0.2) is 9.84 Å². The summed E-state index contributed by atoms with van der Waals surface area (Å²) < 4.78 is 77.4. The maximum atomic E-state index is 14.7. The van der Waals surface area contributed by atoms with E-state index >= 15 is 0 Å². The molecule has 0 radical (unpaired) electrons. The van der Waals surface area contributed by atoms with E-state index in [2.05, 4.69) is 10.3 Å². The quantitative estimate of drug-likeness (QED) is 0.583. The first-order valence-electron chi connectivity index (χ1n) is 11.5. The van der Waals surface area contributed by atoms with Crippen LogP contribution in [0.2, 0.25) is 0 Å². The van der Waals surface area contributed by atoms with Crippen LogP contribution in [0.25, 0.3) is 0 Å². The van der Waals surface area contributed by atoms with E-state index in [1.807, 2.05) is 0 Å². The third-order valence-electron chi connectivity index (χ3n) is 7.08. The minimum Gasteiger partial charge on any atom is -0.347 e. The maximum absolute atomic E-state index is 14.7. The molecule has 2 saturated carbocycles. The number of fused-ring (bicyclic) bond motifs is 1. The number of alkyl halides is 3. The molecule has 5 rings (SSSR count). The Morgan fingerprint density at radius 1 is 1.14 bits per heavy atom. The number of likely N-dealkylation sites (tertiary alicyclic amines) is 1. The summed E-state index contributed by atoms with van der Waals surface area (Å²) in [6.45, 7) is 0. The molecular weight excluding hydrogens is 502 g/mol. The first-order valence-corrected chi connectivity index (χ1v) is 13.4. The number of carbonyl (C=O) groups excluding carboxylic acids is 2. The number of carbonyl (C=O) groups is 2. The molecule has 192 valence electrons. The third-order valence-corrected chi connectivity index (χ3v) is 8.16. The zero-order valence-corrected chi connectivity index (χ0v) is 19.9. The van der Waals surface area contributed by atoms with E-state index in [-0.39, 0.29) is 33.9 Å². The van der Waals surface area contributed by atoms with Gasteiger partial charge in [-0.2, -0.15) is 13.2 Å². The van der Waals surface area contributed by atoms with Crippen molar-refractivity contribution in [3.8, 4) is 0 Å². The van der Waals surface area contributed by atoms with E-state index in [9.17, 15) is 35.6 Å². The van der Waals surface area contributed by atoms with Gasteiger partial charge in [0.1, 0.15) is 11.9 Å². The average molecular weight is 526 g/mol. The topological polar surface area (TPSA) is 96.4 Å². The Hall–Kier alpha value is -3.02. The van der Waals surface area contributed by atoms with Gasteiger partial charge in [-0.25, -0.2) is 12.8 Å². The number of halogens is 4. The van der Waals surface area contributed by atoms with Crippen LogP contribution in [0.3, 0.4) is 0 Å². The van der Waals surface area contributed by atoms with Crippen molar-refractivity contribution in [3.63, 3.8) is 0 Å². The largest absolute Gasteiger partial charge is 0.416 e. The van der Waals surface area contributed by atoms with Gasteiger partial charge < -0.3 is 10.2 Å². The lowest BCUT2D eigenvalue weighted by Crippen LogP contribution is -2.49. The molecule has 12 heteroatoms. The lowest BCUT2D eigenvalue weighted by atomic mass is 9.99. The number of nitrogens with one attached hydrogen (secondary N) is 1. The van der Waals surface area contributed by atoms with Crippen LogP contribution in [-0.2, 0) is 20.8 Å². The number of aromatic nitrogens is 1. The fourth-order valence-electron chi connectivity index (χ4n) is 4.95. The molecule has 0 spiro atoms. The molecule has 0 bridgehead atoms. The van der Waals surface area contributed by atoms with E-state index in [0.29, 0.717) is 31.7 Å². The molecule has 1 N–H and O–H groups in total. The van der Waals surface area contributed by atoms with Gasteiger partial charge in [-0.15, -0.1) is 0 Å². The van der Waals surface area contributed by atoms with E-state index in [0.717, 1.165) is 24.6 Å². The van der Waals surface area contributed by atoms with Crippen molar-refractivity contribution in [1.82, 2.24) is 15.2 Å². The minimum atomic E-state index is -4.69. The van der Waals surface area contributed by atoms with Gasteiger partial charge in [-0.05, 0) is 55.7 Å². The highest BCUT2D eigenvalue weighted by Crippen LogP contribution is 2.49. The summed E-state index contributed by atoms with van der Waals surface area (Å²) >= 11 is 0. The van der Waals surface area contributed by atoms with Crippen molar-refractivity contribution in [1.29, 1.82) is 0 Å². The summed E-state index contributed by atoms with van der Waals surface area (Å²) in [4.78, 5) is 31.8. The Morgan fingerprint density at radius 3 is 2.47 bits per heavy atom. The molecule has 1 aromatic heterocycles. The fraction of sp³-hybridized carbons (Fsp3) is 0.458. The van der Waals surface area contributed by atoms with Gasteiger partial charge in [-0.1, -0.05) is 6.07 Å². The highest BCUT2D eigenvalue weighted by molar-refractivity contribution is 7.90. The van der Waals surface area contributed by atoms with Crippen LogP contribution in [0.15, 0.2) is 41.6 Å². The van der Waals surface area contributed by atoms with Crippen molar-refractivity contribution in [2.24, 2.45) is 11.8 Å². The number of piperidine rings is 1. The molecule has 2 aromatic rings. The number of hydrogen-bond acceptors (Lipinski definition) is 5. The monoisotopic (exact) mass is 525 g/mol. The smallest absolute Gasteiger partial charge is 0.347 e. The third kappa shape index (κ3) is 4.70. The number of rotatable bonds is 6. The maximum Gasteiger partial charge on any atom is 0.416 e. The van der Waals surface area contributed by atoms with Crippen LogP contribution >= 0.6 is 0 Å². The van der Waals surface area contributed by atoms with Crippen LogP contribution < -0.4 is 5.32 Å². The van der Waals surface area contributed by atoms with Gasteiger partial charge in [0.2, 0.25) is 5.91 Å². The summed E-state index contributed by atoms with van der Waals surface area (Å²) in [6, 6.07) is 1.66. The van der Waals surface area contributed by atoms with Gasteiger partial charge in [0.25, 0.3) is 5.91 Å². The Morgan fingerprint density at radius 2 is 1.86 bits per heavy atom. The van der Waals surface area contributed by atoms with Crippen LogP contribution in [0.1, 0.15) is 53.2 Å².